The van der Waals surface area contributed by atoms with E-state index in [4.69, 9.17) is 17.3 Å². The van der Waals surface area contributed by atoms with Gasteiger partial charge in [-0.1, -0.05) is 29.8 Å². The SMILES string of the molecule is COC(=O)[C@](C)(N)c1ccccc1Cl. The third-order valence-electron chi connectivity index (χ3n) is 2.04. The average Bonchev–Trinajstić information content (AvgIpc) is 2.17. The maximum absolute atomic E-state index is 11.4. The molecule has 3 nitrogen and oxygen atoms in total. The number of hydrogen-bond donors (Lipinski definition) is 1. The molecule has 0 unspecified atom stereocenters. The van der Waals surface area contributed by atoms with Gasteiger partial charge in [0.1, 0.15) is 5.54 Å². The van der Waals surface area contributed by atoms with E-state index in [1.807, 2.05) is 0 Å². The predicted molar refractivity (Wildman–Crippen MR) is 55.0 cm³/mol. The number of nitrogens with two attached hydrogens (primary N) is 1. The molecule has 0 radical (unpaired) electrons. The molecule has 0 saturated carbocycles. The zero-order valence-electron chi connectivity index (χ0n) is 8.08. The van der Waals surface area contributed by atoms with Gasteiger partial charge in [0.05, 0.1) is 7.11 Å². The van der Waals surface area contributed by atoms with Gasteiger partial charge in [0.25, 0.3) is 0 Å². The van der Waals surface area contributed by atoms with Crippen LogP contribution in [0.15, 0.2) is 24.3 Å². The minimum atomic E-state index is -1.20. The molecule has 0 aliphatic rings. The summed E-state index contributed by atoms with van der Waals surface area (Å²) >= 11 is 5.92. The summed E-state index contributed by atoms with van der Waals surface area (Å²) < 4.78 is 4.60. The van der Waals surface area contributed by atoms with Crippen LogP contribution in [0.25, 0.3) is 0 Å². The van der Waals surface area contributed by atoms with Crippen molar-refractivity contribution >= 4 is 17.6 Å². The molecule has 76 valence electrons. The Bertz CT molecular complexity index is 350. The lowest BCUT2D eigenvalue weighted by molar-refractivity contribution is -0.146. The van der Waals surface area contributed by atoms with E-state index in [0.29, 0.717) is 10.6 Å². The molecular weight excluding hydrogens is 202 g/mol. The molecule has 0 fully saturated rings. The molecule has 0 spiro atoms. The van der Waals surface area contributed by atoms with E-state index in [-0.39, 0.29) is 0 Å². The highest BCUT2D eigenvalue weighted by Gasteiger charge is 2.33. The van der Waals surface area contributed by atoms with Crippen LogP contribution in [0.1, 0.15) is 12.5 Å². The lowest BCUT2D eigenvalue weighted by atomic mass is 9.93. The van der Waals surface area contributed by atoms with Crippen LogP contribution in [0.2, 0.25) is 5.02 Å². The van der Waals surface area contributed by atoms with E-state index in [0.717, 1.165) is 0 Å². The number of carbonyl (C=O) groups is 1. The first kappa shape index (κ1) is 11.0. The average molecular weight is 214 g/mol. The Morgan fingerprint density at radius 2 is 2.07 bits per heavy atom. The zero-order valence-corrected chi connectivity index (χ0v) is 8.84. The minimum absolute atomic E-state index is 0.461. The summed E-state index contributed by atoms with van der Waals surface area (Å²) in [6.07, 6.45) is 0. The lowest BCUT2D eigenvalue weighted by Crippen LogP contribution is -2.42. The fourth-order valence-corrected chi connectivity index (χ4v) is 1.54. The second-order valence-electron chi connectivity index (χ2n) is 3.17. The summed E-state index contributed by atoms with van der Waals surface area (Å²) in [7, 11) is 1.30. The molecule has 2 N–H and O–H groups in total. The largest absolute Gasteiger partial charge is 0.467 e. The fourth-order valence-electron chi connectivity index (χ4n) is 1.20. The first-order valence-electron chi connectivity index (χ1n) is 4.12. The highest BCUT2D eigenvalue weighted by molar-refractivity contribution is 6.31. The standard InChI is InChI=1S/C10H12ClNO2/c1-10(12,9(13)14-2)7-5-3-4-6-8(7)11/h3-6H,12H2,1-2H3/t10-/m1/s1. The van der Waals surface area contributed by atoms with Gasteiger partial charge in [-0.25, -0.2) is 4.79 Å². The van der Waals surface area contributed by atoms with Crippen molar-refractivity contribution in [1.29, 1.82) is 0 Å². The van der Waals surface area contributed by atoms with Crippen molar-refractivity contribution in [2.75, 3.05) is 7.11 Å². The lowest BCUT2D eigenvalue weighted by Gasteiger charge is -2.22. The van der Waals surface area contributed by atoms with Crippen molar-refractivity contribution in [3.63, 3.8) is 0 Å². The van der Waals surface area contributed by atoms with Crippen LogP contribution in [0.5, 0.6) is 0 Å². The van der Waals surface area contributed by atoms with E-state index >= 15 is 0 Å². The smallest absolute Gasteiger partial charge is 0.330 e. The van der Waals surface area contributed by atoms with E-state index < -0.39 is 11.5 Å². The van der Waals surface area contributed by atoms with Crippen LogP contribution in [-0.4, -0.2) is 13.1 Å². The van der Waals surface area contributed by atoms with Gasteiger partial charge in [-0.05, 0) is 13.0 Å². The van der Waals surface area contributed by atoms with Crippen molar-refractivity contribution in [3.05, 3.63) is 34.9 Å². The molecule has 1 aromatic rings. The summed E-state index contributed by atoms with van der Waals surface area (Å²) in [6, 6.07) is 6.94. The van der Waals surface area contributed by atoms with Gasteiger partial charge in [0.2, 0.25) is 0 Å². The molecule has 0 bridgehead atoms. The van der Waals surface area contributed by atoms with Crippen LogP contribution >= 0.6 is 11.6 Å². The maximum Gasteiger partial charge on any atom is 0.330 e. The minimum Gasteiger partial charge on any atom is -0.467 e. The second-order valence-corrected chi connectivity index (χ2v) is 3.58. The molecule has 0 aliphatic carbocycles. The van der Waals surface area contributed by atoms with Crippen LogP contribution in [0, 0.1) is 0 Å². The molecule has 0 aliphatic heterocycles. The van der Waals surface area contributed by atoms with Gasteiger partial charge in [0.15, 0.2) is 0 Å². The molecule has 1 rings (SSSR count). The van der Waals surface area contributed by atoms with Gasteiger partial charge in [0, 0.05) is 10.6 Å². The first-order valence-corrected chi connectivity index (χ1v) is 4.50. The third kappa shape index (κ3) is 1.89. The number of halogens is 1. The van der Waals surface area contributed by atoms with Crippen molar-refractivity contribution < 1.29 is 9.53 Å². The molecule has 4 heteroatoms. The molecule has 0 amide bonds. The molecule has 1 aromatic carbocycles. The number of rotatable bonds is 2. The number of esters is 1. The van der Waals surface area contributed by atoms with Crippen LogP contribution in [0.3, 0.4) is 0 Å². The summed E-state index contributed by atoms with van der Waals surface area (Å²) in [6.45, 7) is 1.57. The number of ether oxygens (including phenoxy) is 1. The molecule has 0 saturated heterocycles. The highest BCUT2D eigenvalue weighted by atomic mass is 35.5. The fraction of sp³-hybridized carbons (Fsp3) is 0.300. The van der Waals surface area contributed by atoms with E-state index in [1.165, 1.54) is 7.11 Å². The Morgan fingerprint density at radius 1 is 1.50 bits per heavy atom. The van der Waals surface area contributed by atoms with Crippen molar-refractivity contribution in [1.82, 2.24) is 0 Å². The van der Waals surface area contributed by atoms with Crippen LogP contribution in [-0.2, 0) is 15.1 Å². The summed E-state index contributed by atoms with van der Waals surface area (Å²) in [5.41, 5.74) is 5.20. The van der Waals surface area contributed by atoms with Crippen molar-refractivity contribution in [2.45, 2.75) is 12.5 Å². The topological polar surface area (TPSA) is 52.3 Å². The Morgan fingerprint density at radius 3 is 2.57 bits per heavy atom. The van der Waals surface area contributed by atoms with E-state index in [1.54, 1.807) is 31.2 Å². The summed E-state index contributed by atoms with van der Waals surface area (Å²) in [4.78, 5) is 11.4. The van der Waals surface area contributed by atoms with E-state index in [9.17, 15) is 4.79 Å². The Hall–Kier alpha value is -1.06. The zero-order chi connectivity index (χ0) is 10.8. The number of methoxy groups -OCH3 is 1. The number of benzene rings is 1. The quantitative estimate of drug-likeness (QED) is 0.761. The Kier molecular flexibility index (Phi) is 3.13. The number of carbonyl (C=O) groups excluding carboxylic acids is 1. The molecule has 0 aromatic heterocycles. The molecular formula is C10H12ClNO2. The third-order valence-corrected chi connectivity index (χ3v) is 2.37. The molecule has 14 heavy (non-hydrogen) atoms. The highest BCUT2D eigenvalue weighted by Crippen LogP contribution is 2.26. The van der Waals surface area contributed by atoms with Crippen LogP contribution < -0.4 is 5.73 Å². The summed E-state index contributed by atoms with van der Waals surface area (Å²) in [5.74, 6) is -0.509. The second kappa shape index (κ2) is 3.98. The summed E-state index contributed by atoms with van der Waals surface area (Å²) in [5, 5.41) is 0.461. The monoisotopic (exact) mass is 213 g/mol. The first-order chi connectivity index (χ1) is 6.50. The Labute approximate surface area is 87.8 Å². The molecule has 1 atom stereocenters. The Balaban J connectivity index is 3.16. The predicted octanol–water partition coefficient (Wildman–Crippen LogP) is 1.69. The van der Waals surface area contributed by atoms with Crippen molar-refractivity contribution in [3.8, 4) is 0 Å². The maximum atomic E-state index is 11.4. The van der Waals surface area contributed by atoms with Gasteiger partial charge in [-0.3, -0.25) is 0 Å². The number of hydrogen-bond acceptors (Lipinski definition) is 3. The van der Waals surface area contributed by atoms with Gasteiger partial charge >= 0.3 is 5.97 Å². The van der Waals surface area contributed by atoms with Crippen molar-refractivity contribution in [2.24, 2.45) is 5.73 Å². The van der Waals surface area contributed by atoms with Gasteiger partial charge in [-0.15, -0.1) is 0 Å². The van der Waals surface area contributed by atoms with E-state index in [2.05, 4.69) is 4.74 Å². The van der Waals surface area contributed by atoms with Gasteiger partial charge < -0.3 is 10.5 Å². The molecule has 0 heterocycles. The van der Waals surface area contributed by atoms with Crippen LogP contribution in [0.4, 0.5) is 0 Å². The normalized spacial score (nSPS) is 14.6. The van der Waals surface area contributed by atoms with Gasteiger partial charge in [-0.2, -0.15) is 0 Å².